The highest BCUT2D eigenvalue weighted by Gasteiger charge is 2.18. The highest BCUT2D eigenvalue weighted by Crippen LogP contribution is 2.21. The van der Waals surface area contributed by atoms with E-state index in [0.29, 0.717) is 12.2 Å². The molecule has 0 saturated carbocycles. The van der Waals surface area contributed by atoms with Crippen molar-refractivity contribution in [3.05, 3.63) is 54.9 Å². The third-order valence-electron chi connectivity index (χ3n) is 4.33. The molecule has 1 aliphatic rings. The molecule has 1 fully saturated rings. The van der Waals surface area contributed by atoms with Gasteiger partial charge in [-0.25, -0.2) is 8.42 Å². The topological polar surface area (TPSA) is 73.2 Å². The third-order valence-corrected chi connectivity index (χ3v) is 5.71. The minimum atomic E-state index is -3.65. The number of hydrogen-bond donors (Lipinski definition) is 1. The van der Waals surface area contributed by atoms with E-state index < -0.39 is 10.0 Å². The first-order valence-electron chi connectivity index (χ1n) is 8.26. The number of benzene rings is 2. The SMILES string of the molecule is O=S(=O)(Nc1cnn(C[C@H]2CCCO2)c1)c1ccc2ccccc2c1. The Bertz CT molecular complexity index is 991. The van der Waals surface area contributed by atoms with Gasteiger partial charge in [-0.3, -0.25) is 9.40 Å². The zero-order valence-electron chi connectivity index (χ0n) is 13.6. The van der Waals surface area contributed by atoms with Crippen molar-refractivity contribution in [2.75, 3.05) is 11.3 Å². The average Bonchev–Trinajstić information content (AvgIpc) is 3.27. The van der Waals surface area contributed by atoms with Crippen molar-refractivity contribution < 1.29 is 13.2 Å². The van der Waals surface area contributed by atoms with Gasteiger partial charge in [0.25, 0.3) is 10.0 Å². The molecule has 25 heavy (non-hydrogen) atoms. The molecule has 0 bridgehead atoms. The highest BCUT2D eigenvalue weighted by atomic mass is 32.2. The lowest BCUT2D eigenvalue weighted by atomic mass is 10.1. The zero-order chi connectivity index (χ0) is 17.3. The Morgan fingerprint density at radius 2 is 2.04 bits per heavy atom. The Morgan fingerprint density at radius 3 is 2.84 bits per heavy atom. The molecule has 0 aliphatic carbocycles. The first-order chi connectivity index (χ1) is 12.1. The van der Waals surface area contributed by atoms with E-state index in [0.717, 1.165) is 30.2 Å². The van der Waals surface area contributed by atoms with Gasteiger partial charge in [0, 0.05) is 12.8 Å². The fourth-order valence-electron chi connectivity index (χ4n) is 3.06. The minimum Gasteiger partial charge on any atom is -0.376 e. The molecule has 1 aliphatic heterocycles. The van der Waals surface area contributed by atoms with E-state index in [1.54, 1.807) is 23.0 Å². The molecule has 130 valence electrons. The van der Waals surface area contributed by atoms with Gasteiger partial charge in [0.15, 0.2) is 0 Å². The minimum absolute atomic E-state index is 0.157. The second-order valence-electron chi connectivity index (χ2n) is 6.20. The van der Waals surface area contributed by atoms with Gasteiger partial charge in [0.2, 0.25) is 0 Å². The van der Waals surface area contributed by atoms with Gasteiger partial charge in [0.05, 0.1) is 29.4 Å². The summed E-state index contributed by atoms with van der Waals surface area (Å²) in [7, 11) is -3.65. The van der Waals surface area contributed by atoms with Crippen molar-refractivity contribution in [3.8, 4) is 0 Å². The molecular weight excluding hydrogens is 338 g/mol. The molecule has 2 heterocycles. The maximum atomic E-state index is 12.6. The summed E-state index contributed by atoms with van der Waals surface area (Å²) in [6, 6.07) is 12.8. The van der Waals surface area contributed by atoms with Crippen LogP contribution in [0.15, 0.2) is 59.8 Å². The van der Waals surface area contributed by atoms with Crippen molar-refractivity contribution in [2.45, 2.75) is 30.4 Å². The molecule has 4 rings (SSSR count). The fraction of sp³-hybridized carbons (Fsp3) is 0.278. The summed E-state index contributed by atoms with van der Waals surface area (Å²) in [5.74, 6) is 0. The molecule has 1 saturated heterocycles. The molecule has 1 N–H and O–H groups in total. The number of sulfonamides is 1. The van der Waals surface area contributed by atoms with Crippen LogP contribution in [0.3, 0.4) is 0 Å². The third kappa shape index (κ3) is 3.52. The smallest absolute Gasteiger partial charge is 0.262 e. The Hall–Kier alpha value is -2.38. The molecule has 0 amide bonds. The molecule has 7 heteroatoms. The highest BCUT2D eigenvalue weighted by molar-refractivity contribution is 7.92. The van der Waals surface area contributed by atoms with Gasteiger partial charge in [-0.15, -0.1) is 0 Å². The van der Waals surface area contributed by atoms with Crippen LogP contribution in [0.1, 0.15) is 12.8 Å². The average molecular weight is 357 g/mol. The van der Waals surface area contributed by atoms with E-state index in [-0.39, 0.29) is 11.0 Å². The predicted molar refractivity (Wildman–Crippen MR) is 96.0 cm³/mol. The van der Waals surface area contributed by atoms with Gasteiger partial charge in [-0.05, 0) is 35.7 Å². The predicted octanol–water partition coefficient (Wildman–Crippen LogP) is 3.02. The number of hydrogen-bond acceptors (Lipinski definition) is 4. The van der Waals surface area contributed by atoms with Crippen LogP contribution < -0.4 is 4.72 Å². The summed E-state index contributed by atoms with van der Waals surface area (Å²) < 4.78 is 35.1. The Morgan fingerprint density at radius 1 is 1.20 bits per heavy atom. The summed E-state index contributed by atoms with van der Waals surface area (Å²) in [5, 5.41) is 6.11. The standard InChI is InChI=1S/C18H19N3O3S/c22-25(23,18-8-7-14-4-1-2-5-15(14)10-18)20-16-11-19-21(12-16)13-17-6-3-9-24-17/h1-2,4-5,7-8,10-12,17,20H,3,6,9,13H2/t17-/m1/s1. The van der Waals surface area contributed by atoms with Gasteiger partial charge >= 0.3 is 0 Å². The zero-order valence-corrected chi connectivity index (χ0v) is 14.4. The second-order valence-corrected chi connectivity index (χ2v) is 7.88. The van der Waals surface area contributed by atoms with Crippen LogP contribution in [0.25, 0.3) is 10.8 Å². The molecule has 1 aromatic heterocycles. The number of nitrogens with one attached hydrogen (secondary N) is 1. The van der Waals surface area contributed by atoms with Crippen molar-refractivity contribution >= 4 is 26.5 Å². The van der Waals surface area contributed by atoms with Crippen molar-refractivity contribution in [1.82, 2.24) is 9.78 Å². The van der Waals surface area contributed by atoms with Crippen LogP contribution >= 0.6 is 0 Å². The van der Waals surface area contributed by atoms with E-state index in [4.69, 9.17) is 4.74 Å². The first kappa shape index (κ1) is 16.1. The number of nitrogens with zero attached hydrogens (tertiary/aromatic N) is 2. The van der Waals surface area contributed by atoms with Crippen LogP contribution in [-0.2, 0) is 21.3 Å². The van der Waals surface area contributed by atoms with Crippen LogP contribution in [0.4, 0.5) is 5.69 Å². The summed E-state index contributed by atoms with van der Waals surface area (Å²) in [6.45, 7) is 1.42. The summed E-state index contributed by atoms with van der Waals surface area (Å²) in [6.07, 6.45) is 5.45. The van der Waals surface area contributed by atoms with Gasteiger partial charge in [-0.2, -0.15) is 5.10 Å². The lowest BCUT2D eigenvalue weighted by Gasteiger charge is -2.09. The van der Waals surface area contributed by atoms with E-state index in [1.807, 2.05) is 30.3 Å². The lowest BCUT2D eigenvalue weighted by molar-refractivity contribution is 0.0940. The number of anilines is 1. The second kappa shape index (κ2) is 6.50. The van der Waals surface area contributed by atoms with E-state index in [1.165, 1.54) is 6.20 Å². The van der Waals surface area contributed by atoms with E-state index in [9.17, 15) is 8.42 Å². The number of fused-ring (bicyclic) bond motifs is 1. The fourth-order valence-corrected chi connectivity index (χ4v) is 4.12. The Labute approximate surface area is 146 Å². The van der Waals surface area contributed by atoms with E-state index in [2.05, 4.69) is 9.82 Å². The monoisotopic (exact) mass is 357 g/mol. The summed E-state index contributed by atoms with van der Waals surface area (Å²) in [5.41, 5.74) is 0.450. The molecule has 1 atom stereocenters. The summed E-state index contributed by atoms with van der Waals surface area (Å²) in [4.78, 5) is 0.234. The van der Waals surface area contributed by atoms with Crippen LogP contribution in [-0.4, -0.2) is 30.9 Å². The van der Waals surface area contributed by atoms with E-state index >= 15 is 0 Å². The molecular formula is C18H19N3O3S. The van der Waals surface area contributed by atoms with Crippen molar-refractivity contribution in [2.24, 2.45) is 0 Å². The van der Waals surface area contributed by atoms with Crippen molar-refractivity contribution in [1.29, 1.82) is 0 Å². The van der Waals surface area contributed by atoms with Gasteiger partial charge in [0.1, 0.15) is 0 Å². The molecule has 6 nitrogen and oxygen atoms in total. The molecule has 0 unspecified atom stereocenters. The molecule has 3 aromatic rings. The molecule has 0 spiro atoms. The number of rotatable bonds is 5. The molecule has 2 aromatic carbocycles. The Balaban J connectivity index is 1.53. The number of ether oxygens (including phenoxy) is 1. The Kier molecular flexibility index (Phi) is 4.19. The first-order valence-corrected chi connectivity index (χ1v) is 9.74. The maximum Gasteiger partial charge on any atom is 0.262 e. The largest absolute Gasteiger partial charge is 0.376 e. The van der Waals surface area contributed by atoms with Crippen LogP contribution in [0.2, 0.25) is 0 Å². The van der Waals surface area contributed by atoms with Crippen molar-refractivity contribution in [3.63, 3.8) is 0 Å². The lowest BCUT2D eigenvalue weighted by Crippen LogP contribution is -2.15. The van der Waals surface area contributed by atoms with Gasteiger partial charge in [-0.1, -0.05) is 30.3 Å². The number of aromatic nitrogens is 2. The normalized spacial score (nSPS) is 17.8. The summed E-state index contributed by atoms with van der Waals surface area (Å²) >= 11 is 0. The van der Waals surface area contributed by atoms with Crippen LogP contribution in [0.5, 0.6) is 0 Å². The maximum absolute atomic E-state index is 12.6. The van der Waals surface area contributed by atoms with Crippen LogP contribution in [0, 0.1) is 0 Å². The molecule has 0 radical (unpaired) electrons. The van der Waals surface area contributed by atoms with Gasteiger partial charge < -0.3 is 4.74 Å². The quantitative estimate of drug-likeness (QED) is 0.762.